The summed E-state index contributed by atoms with van der Waals surface area (Å²) in [7, 11) is 0. The van der Waals surface area contributed by atoms with Crippen LogP contribution in [0, 0.1) is 21.8 Å². The molecule has 0 spiro atoms. The fourth-order valence-electron chi connectivity index (χ4n) is 2.63. The Morgan fingerprint density at radius 1 is 1.26 bits per heavy atom. The van der Waals surface area contributed by atoms with Crippen molar-refractivity contribution < 1.29 is 9.52 Å². The van der Waals surface area contributed by atoms with Gasteiger partial charge in [-0.05, 0) is 78.4 Å². The fourth-order valence-corrected chi connectivity index (χ4v) is 3.19. The number of nitrogens with zero attached hydrogens (tertiary/aromatic N) is 4. The molecule has 0 radical (unpaired) electrons. The van der Waals surface area contributed by atoms with Gasteiger partial charge in [0.25, 0.3) is 0 Å². The average molecular weight is 495 g/mol. The SMILES string of the molecule is Cc1c(N(C[C@H](C)O)c2nnc(-c3ccc(I)cc3)o2)ccc(C#N)c1Cl. The molecule has 1 atom stereocenters. The lowest BCUT2D eigenvalue weighted by atomic mass is 10.1. The van der Waals surface area contributed by atoms with Crippen LogP contribution in [0.2, 0.25) is 5.02 Å². The van der Waals surface area contributed by atoms with Gasteiger partial charge < -0.3 is 9.52 Å². The molecule has 1 aromatic heterocycles. The first-order valence-corrected chi connectivity index (χ1v) is 9.60. The van der Waals surface area contributed by atoms with Gasteiger partial charge in [0.2, 0.25) is 5.89 Å². The summed E-state index contributed by atoms with van der Waals surface area (Å²) in [5, 5.41) is 27.7. The summed E-state index contributed by atoms with van der Waals surface area (Å²) in [4.78, 5) is 1.70. The van der Waals surface area contributed by atoms with Gasteiger partial charge in [0.15, 0.2) is 0 Å². The number of benzene rings is 2. The Balaban J connectivity index is 2.03. The summed E-state index contributed by atoms with van der Waals surface area (Å²) in [5.41, 5.74) is 2.59. The Labute approximate surface area is 175 Å². The van der Waals surface area contributed by atoms with Gasteiger partial charge in [0, 0.05) is 14.8 Å². The van der Waals surface area contributed by atoms with E-state index in [2.05, 4.69) is 38.9 Å². The highest BCUT2D eigenvalue weighted by molar-refractivity contribution is 14.1. The molecule has 1 N–H and O–H groups in total. The smallest absolute Gasteiger partial charge is 0.323 e. The van der Waals surface area contributed by atoms with Crippen LogP contribution in [0.3, 0.4) is 0 Å². The summed E-state index contributed by atoms with van der Waals surface area (Å²) in [6.45, 7) is 3.71. The van der Waals surface area contributed by atoms with E-state index in [0.29, 0.717) is 27.7 Å². The monoisotopic (exact) mass is 494 g/mol. The van der Waals surface area contributed by atoms with E-state index < -0.39 is 6.10 Å². The molecule has 0 aliphatic rings. The van der Waals surface area contributed by atoms with Gasteiger partial charge in [-0.25, -0.2) is 0 Å². The Bertz CT molecular complexity index is 996. The third kappa shape index (κ3) is 4.24. The lowest BCUT2D eigenvalue weighted by molar-refractivity contribution is 0.201. The molecule has 27 heavy (non-hydrogen) atoms. The number of hydrogen-bond donors (Lipinski definition) is 1. The summed E-state index contributed by atoms with van der Waals surface area (Å²) in [6, 6.07) is 13.4. The van der Waals surface area contributed by atoms with E-state index in [9.17, 15) is 5.11 Å². The molecule has 3 rings (SSSR count). The Hall–Kier alpha value is -2.15. The van der Waals surface area contributed by atoms with Crippen molar-refractivity contribution in [2.45, 2.75) is 20.0 Å². The van der Waals surface area contributed by atoms with Crippen molar-refractivity contribution in [3.63, 3.8) is 0 Å². The minimum absolute atomic E-state index is 0.234. The molecule has 3 aromatic rings. The van der Waals surface area contributed by atoms with Gasteiger partial charge in [0.1, 0.15) is 6.07 Å². The topological polar surface area (TPSA) is 86.2 Å². The normalized spacial score (nSPS) is 11.9. The van der Waals surface area contributed by atoms with E-state index in [1.165, 1.54) is 0 Å². The number of aromatic nitrogens is 2. The van der Waals surface area contributed by atoms with Crippen molar-refractivity contribution >= 4 is 45.9 Å². The zero-order valence-electron chi connectivity index (χ0n) is 14.6. The van der Waals surface area contributed by atoms with Crippen LogP contribution < -0.4 is 4.90 Å². The van der Waals surface area contributed by atoms with Gasteiger partial charge in [0.05, 0.1) is 23.2 Å². The molecule has 0 aliphatic carbocycles. The molecule has 6 nitrogen and oxygen atoms in total. The number of aliphatic hydroxyl groups excluding tert-OH is 1. The predicted octanol–water partition coefficient (Wildman–Crippen LogP) is 4.69. The summed E-state index contributed by atoms with van der Waals surface area (Å²) in [5.74, 6) is 0.384. The number of hydrogen-bond acceptors (Lipinski definition) is 6. The molecule has 0 bridgehead atoms. The molecule has 2 aromatic carbocycles. The third-order valence-corrected chi connectivity index (χ3v) is 5.16. The molecule has 0 saturated heterocycles. The van der Waals surface area contributed by atoms with Gasteiger partial charge >= 0.3 is 6.01 Å². The van der Waals surface area contributed by atoms with E-state index in [1.54, 1.807) is 24.0 Å². The molecule has 1 heterocycles. The average Bonchev–Trinajstić information content (AvgIpc) is 3.12. The number of anilines is 2. The van der Waals surface area contributed by atoms with E-state index in [-0.39, 0.29) is 12.6 Å². The van der Waals surface area contributed by atoms with Crippen molar-refractivity contribution in [3.8, 4) is 17.5 Å². The first kappa shape index (κ1) is 19.6. The predicted molar refractivity (Wildman–Crippen MR) is 112 cm³/mol. The zero-order valence-corrected chi connectivity index (χ0v) is 17.6. The van der Waals surface area contributed by atoms with Crippen LogP contribution in [-0.2, 0) is 0 Å². The second-order valence-electron chi connectivity index (χ2n) is 6.04. The van der Waals surface area contributed by atoms with Crippen LogP contribution in [0.4, 0.5) is 11.7 Å². The van der Waals surface area contributed by atoms with Crippen molar-refractivity contribution in [2.75, 3.05) is 11.4 Å². The van der Waals surface area contributed by atoms with Gasteiger partial charge in [-0.1, -0.05) is 16.7 Å². The molecule has 0 amide bonds. The number of rotatable bonds is 5. The molecule has 0 fully saturated rings. The molecule has 8 heteroatoms. The molecule has 0 aliphatic heterocycles. The quantitative estimate of drug-likeness (QED) is 0.518. The lowest BCUT2D eigenvalue weighted by Gasteiger charge is -2.24. The van der Waals surface area contributed by atoms with Crippen LogP contribution in [0.25, 0.3) is 11.5 Å². The van der Waals surface area contributed by atoms with Gasteiger partial charge in [-0.15, -0.1) is 5.10 Å². The van der Waals surface area contributed by atoms with Crippen molar-refractivity contribution in [1.29, 1.82) is 5.26 Å². The first-order valence-electron chi connectivity index (χ1n) is 8.15. The van der Waals surface area contributed by atoms with Crippen LogP contribution in [0.15, 0.2) is 40.8 Å². The molecular weight excluding hydrogens is 479 g/mol. The van der Waals surface area contributed by atoms with Crippen molar-refractivity contribution in [1.82, 2.24) is 10.2 Å². The Morgan fingerprint density at radius 3 is 2.59 bits per heavy atom. The molecule has 138 valence electrons. The lowest BCUT2D eigenvalue weighted by Crippen LogP contribution is -2.27. The highest BCUT2D eigenvalue weighted by Crippen LogP contribution is 2.34. The van der Waals surface area contributed by atoms with Gasteiger partial charge in [-0.3, -0.25) is 4.90 Å². The first-order chi connectivity index (χ1) is 12.9. The number of nitriles is 1. The van der Waals surface area contributed by atoms with E-state index >= 15 is 0 Å². The largest absolute Gasteiger partial charge is 0.403 e. The van der Waals surface area contributed by atoms with Crippen LogP contribution >= 0.6 is 34.2 Å². The van der Waals surface area contributed by atoms with Crippen LogP contribution in [0.5, 0.6) is 0 Å². The number of halogens is 2. The molecular formula is C19H16ClIN4O2. The summed E-state index contributed by atoms with van der Waals surface area (Å²) >= 11 is 8.53. The van der Waals surface area contributed by atoms with Crippen LogP contribution in [-0.4, -0.2) is 28.0 Å². The highest BCUT2D eigenvalue weighted by Gasteiger charge is 2.22. The Kier molecular flexibility index (Phi) is 5.99. The number of aliphatic hydroxyl groups is 1. The molecule has 0 unspecified atom stereocenters. The van der Waals surface area contributed by atoms with Gasteiger partial charge in [-0.2, -0.15) is 5.26 Å². The second kappa shape index (κ2) is 8.25. The van der Waals surface area contributed by atoms with E-state index in [1.807, 2.05) is 31.2 Å². The standard InChI is InChI=1S/C19H16ClIN4O2/c1-11(26)10-25(16-8-5-14(9-22)17(20)12(16)2)19-24-23-18(27-19)13-3-6-15(21)7-4-13/h3-8,11,26H,10H2,1-2H3/t11-/m0/s1. The fraction of sp³-hybridized carbons (Fsp3) is 0.211. The Morgan fingerprint density at radius 2 is 1.96 bits per heavy atom. The highest BCUT2D eigenvalue weighted by atomic mass is 127. The third-order valence-electron chi connectivity index (χ3n) is 3.95. The van der Waals surface area contributed by atoms with Crippen molar-refractivity contribution in [3.05, 3.63) is 56.1 Å². The maximum absolute atomic E-state index is 9.94. The van der Waals surface area contributed by atoms with Crippen LogP contribution in [0.1, 0.15) is 18.1 Å². The van der Waals surface area contributed by atoms with E-state index in [4.69, 9.17) is 21.3 Å². The second-order valence-corrected chi connectivity index (χ2v) is 7.66. The minimum atomic E-state index is -0.646. The molecule has 0 saturated carbocycles. The maximum atomic E-state index is 9.94. The van der Waals surface area contributed by atoms with E-state index in [0.717, 1.165) is 9.13 Å². The summed E-state index contributed by atoms with van der Waals surface area (Å²) in [6.07, 6.45) is -0.646. The zero-order chi connectivity index (χ0) is 19.6. The van der Waals surface area contributed by atoms with Crippen molar-refractivity contribution in [2.24, 2.45) is 0 Å². The summed E-state index contributed by atoms with van der Waals surface area (Å²) < 4.78 is 6.97. The maximum Gasteiger partial charge on any atom is 0.323 e. The minimum Gasteiger partial charge on any atom is -0.403 e.